The molecule has 1 aromatic heterocycles. The molecule has 0 radical (unpaired) electrons. The van der Waals surface area contributed by atoms with Gasteiger partial charge in [-0.1, -0.05) is 0 Å². The summed E-state index contributed by atoms with van der Waals surface area (Å²) >= 11 is 0. The van der Waals surface area contributed by atoms with Gasteiger partial charge in [-0.15, -0.1) is 0 Å². The van der Waals surface area contributed by atoms with Crippen molar-refractivity contribution in [2.45, 2.75) is 44.2 Å². The van der Waals surface area contributed by atoms with Crippen LogP contribution in [0.2, 0.25) is 0 Å². The molecule has 8 heteroatoms. The first-order valence-electron chi connectivity index (χ1n) is 9.96. The van der Waals surface area contributed by atoms with Crippen LogP contribution >= 0.6 is 0 Å². The second-order valence-corrected chi connectivity index (χ2v) is 10.1. The van der Waals surface area contributed by atoms with Crippen LogP contribution in [0.15, 0.2) is 12.3 Å². The Morgan fingerprint density at radius 1 is 1.22 bits per heavy atom. The van der Waals surface area contributed by atoms with Crippen LogP contribution < -0.4 is 15.0 Å². The minimum Gasteiger partial charge on any atom is -0.488 e. The van der Waals surface area contributed by atoms with Crippen molar-refractivity contribution in [3.05, 3.63) is 17.8 Å². The van der Waals surface area contributed by atoms with Gasteiger partial charge in [0.05, 0.1) is 12.5 Å². The third-order valence-electron chi connectivity index (χ3n) is 6.37. The maximum absolute atomic E-state index is 11.8. The Labute approximate surface area is 162 Å². The lowest BCUT2D eigenvalue weighted by Gasteiger charge is -2.36. The lowest BCUT2D eigenvalue weighted by atomic mass is 9.90. The number of sulfonamides is 1. The highest BCUT2D eigenvalue weighted by Crippen LogP contribution is 2.36. The van der Waals surface area contributed by atoms with Crippen LogP contribution in [-0.2, 0) is 16.4 Å². The molecule has 27 heavy (non-hydrogen) atoms. The highest BCUT2D eigenvalue weighted by molar-refractivity contribution is 7.88. The van der Waals surface area contributed by atoms with Gasteiger partial charge in [0.2, 0.25) is 10.0 Å². The van der Waals surface area contributed by atoms with Crippen LogP contribution in [0.1, 0.15) is 31.2 Å². The number of ether oxygens (including phenoxy) is 1. The molecule has 0 amide bonds. The molecule has 0 aliphatic carbocycles. The number of hydrogen-bond acceptors (Lipinski definition) is 6. The van der Waals surface area contributed by atoms with Gasteiger partial charge in [0.1, 0.15) is 17.7 Å². The monoisotopic (exact) mass is 394 g/mol. The summed E-state index contributed by atoms with van der Waals surface area (Å²) in [5.41, 5.74) is 1.26. The minimum absolute atomic E-state index is 0.0818. The van der Waals surface area contributed by atoms with E-state index in [4.69, 9.17) is 4.74 Å². The van der Waals surface area contributed by atoms with Crippen molar-refractivity contribution in [1.82, 2.24) is 14.6 Å². The van der Waals surface area contributed by atoms with Gasteiger partial charge in [0, 0.05) is 38.2 Å². The molecule has 150 valence electrons. The Kier molecular flexibility index (Phi) is 5.31. The fraction of sp³-hybridized carbons (Fsp3) is 0.737. The van der Waals surface area contributed by atoms with E-state index in [0.717, 1.165) is 57.0 Å². The predicted molar refractivity (Wildman–Crippen MR) is 106 cm³/mol. The van der Waals surface area contributed by atoms with E-state index in [-0.39, 0.29) is 12.1 Å². The van der Waals surface area contributed by atoms with E-state index < -0.39 is 10.0 Å². The van der Waals surface area contributed by atoms with Crippen molar-refractivity contribution in [2.75, 3.05) is 44.4 Å². The van der Waals surface area contributed by atoms with Crippen molar-refractivity contribution in [1.29, 1.82) is 0 Å². The number of piperidine rings is 2. The molecule has 2 saturated heterocycles. The number of pyridine rings is 1. The zero-order valence-corrected chi connectivity index (χ0v) is 17.0. The Balaban J connectivity index is 1.38. The molecule has 1 atom stereocenters. The molecule has 0 saturated carbocycles. The summed E-state index contributed by atoms with van der Waals surface area (Å²) < 4.78 is 31.2. The van der Waals surface area contributed by atoms with Gasteiger partial charge in [0.25, 0.3) is 0 Å². The SMILES string of the molecule is CN(C1CCN(c2cc3c(cn2)OC(C2CCNCC2)C3)CC1)S(C)(=O)=O. The summed E-state index contributed by atoms with van der Waals surface area (Å²) in [5, 5.41) is 3.42. The number of anilines is 1. The van der Waals surface area contributed by atoms with E-state index in [1.807, 2.05) is 6.20 Å². The summed E-state index contributed by atoms with van der Waals surface area (Å²) in [7, 11) is -1.45. The van der Waals surface area contributed by atoms with Crippen molar-refractivity contribution in [3.8, 4) is 5.75 Å². The van der Waals surface area contributed by atoms with E-state index in [2.05, 4.69) is 21.3 Å². The molecular weight excluding hydrogens is 364 g/mol. The second kappa shape index (κ2) is 7.56. The summed E-state index contributed by atoms with van der Waals surface area (Å²) in [6.45, 7) is 3.83. The lowest BCUT2D eigenvalue weighted by Crippen LogP contribution is -2.45. The average Bonchev–Trinajstić information content (AvgIpc) is 3.11. The van der Waals surface area contributed by atoms with Crippen LogP contribution in [-0.4, -0.2) is 69.3 Å². The molecule has 1 unspecified atom stereocenters. The molecule has 7 nitrogen and oxygen atoms in total. The maximum Gasteiger partial charge on any atom is 0.211 e. The standard InChI is InChI=1S/C19H30N4O3S/c1-22(27(2,24)25)16-5-9-23(10-6-16)19-12-15-11-17(26-18(15)13-21-19)14-3-7-20-8-4-14/h12-14,16-17,20H,3-11H2,1-2H3. The van der Waals surface area contributed by atoms with E-state index in [1.165, 1.54) is 29.0 Å². The van der Waals surface area contributed by atoms with Crippen LogP contribution in [0.4, 0.5) is 5.82 Å². The molecule has 4 heterocycles. The van der Waals surface area contributed by atoms with Crippen molar-refractivity contribution >= 4 is 15.8 Å². The fourth-order valence-electron chi connectivity index (χ4n) is 4.54. The Morgan fingerprint density at radius 3 is 2.59 bits per heavy atom. The number of hydrogen-bond donors (Lipinski definition) is 1. The Bertz CT molecular complexity index is 771. The van der Waals surface area contributed by atoms with Gasteiger partial charge < -0.3 is 15.0 Å². The van der Waals surface area contributed by atoms with Crippen LogP contribution in [0.25, 0.3) is 0 Å². The summed E-state index contributed by atoms with van der Waals surface area (Å²) in [5.74, 6) is 2.56. The topological polar surface area (TPSA) is 74.8 Å². The first-order chi connectivity index (χ1) is 12.9. The molecule has 3 aliphatic rings. The first-order valence-corrected chi connectivity index (χ1v) is 11.8. The zero-order valence-electron chi connectivity index (χ0n) is 16.2. The smallest absolute Gasteiger partial charge is 0.211 e. The number of fused-ring (bicyclic) bond motifs is 1. The average molecular weight is 395 g/mol. The van der Waals surface area contributed by atoms with Gasteiger partial charge in [-0.3, -0.25) is 0 Å². The van der Waals surface area contributed by atoms with Crippen molar-refractivity contribution in [3.63, 3.8) is 0 Å². The van der Waals surface area contributed by atoms with Crippen molar-refractivity contribution in [2.24, 2.45) is 5.92 Å². The van der Waals surface area contributed by atoms with E-state index in [9.17, 15) is 8.42 Å². The lowest BCUT2D eigenvalue weighted by molar-refractivity contribution is 0.133. The third kappa shape index (κ3) is 4.07. The first kappa shape index (κ1) is 19.0. The Morgan fingerprint density at radius 2 is 1.93 bits per heavy atom. The highest BCUT2D eigenvalue weighted by Gasteiger charge is 2.33. The normalized spacial score (nSPS) is 24.9. The highest BCUT2D eigenvalue weighted by atomic mass is 32.2. The molecule has 1 N–H and O–H groups in total. The predicted octanol–water partition coefficient (Wildman–Crippen LogP) is 1.24. The minimum atomic E-state index is -3.13. The van der Waals surface area contributed by atoms with E-state index in [1.54, 1.807) is 7.05 Å². The fourth-order valence-corrected chi connectivity index (χ4v) is 5.29. The van der Waals surface area contributed by atoms with Gasteiger partial charge >= 0.3 is 0 Å². The zero-order chi connectivity index (χ0) is 19.0. The maximum atomic E-state index is 11.8. The third-order valence-corrected chi connectivity index (χ3v) is 7.71. The van der Waals surface area contributed by atoms with Gasteiger partial charge in [0.15, 0.2) is 0 Å². The number of nitrogens with one attached hydrogen (secondary N) is 1. The van der Waals surface area contributed by atoms with Crippen LogP contribution in [0.3, 0.4) is 0 Å². The summed E-state index contributed by atoms with van der Waals surface area (Å²) in [4.78, 5) is 6.90. The van der Waals surface area contributed by atoms with E-state index >= 15 is 0 Å². The largest absolute Gasteiger partial charge is 0.488 e. The number of nitrogens with zero attached hydrogens (tertiary/aromatic N) is 3. The molecular formula is C19H30N4O3S. The second-order valence-electron chi connectivity index (χ2n) is 8.10. The molecule has 3 aliphatic heterocycles. The molecule has 0 aromatic carbocycles. The quantitative estimate of drug-likeness (QED) is 0.828. The molecule has 1 aromatic rings. The van der Waals surface area contributed by atoms with E-state index in [0.29, 0.717) is 5.92 Å². The molecule has 2 fully saturated rings. The number of rotatable bonds is 4. The van der Waals surface area contributed by atoms with Crippen LogP contribution in [0, 0.1) is 5.92 Å². The molecule has 4 rings (SSSR count). The van der Waals surface area contributed by atoms with Gasteiger partial charge in [-0.25, -0.2) is 17.7 Å². The van der Waals surface area contributed by atoms with Crippen molar-refractivity contribution < 1.29 is 13.2 Å². The molecule has 0 bridgehead atoms. The van der Waals surface area contributed by atoms with Crippen LogP contribution in [0.5, 0.6) is 5.75 Å². The Hall–Kier alpha value is -1.38. The summed E-state index contributed by atoms with van der Waals surface area (Å²) in [6, 6.07) is 2.26. The van der Waals surface area contributed by atoms with Gasteiger partial charge in [-0.2, -0.15) is 0 Å². The molecule has 0 spiro atoms. The number of aromatic nitrogens is 1. The summed E-state index contributed by atoms with van der Waals surface area (Å²) in [6.07, 6.45) is 8.44. The van der Waals surface area contributed by atoms with Gasteiger partial charge in [-0.05, 0) is 50.8 Å².